The molecule has 0 aliphatic carbocycles. The maximum atomic E-state index is 13.1. The van der Waals surface area contributed by atoms with Crippen LogP contribution in [0, 0.1) is 0 Å². The van der Waals surface area contributed by atoms with Crippen molar-refractivity contribution in [2.24, 2.45) is 0 Å². The Labute approximate surface area is 165 Å². The number of aromatic nitrogens is 2. The Kier molecular flexibility index (Phi) is 4.54. The number of nitrogens with zero attached hydrogens (tertiary/aromatic N) is 2. The van der Waals surface area contributed by atoms with Crippen molar-refractivity contribution in [3.8, 4) is 0 Å². The standard InChI is InChI=1S/C21H19N3O5/c1-2-23-19(26)15-8-7-13(9-16(15)22-21(23)29)18(25)24-11-14-6-4-3-5-12(14)10-17(24)20(27)28/h3-9,17H,2,10-11H2,1H3,(H,22,29)(H,27,28). The number of amides is 1. The van der Waals surface area contributed by atoms with Gasteiger partial charge in [0.15, 0.2) is 0 Å². The van der Waals surface area contributed by atoms with Gasteiger partial charge in [0.2, 0.25) is 0 Å². The number of rotatable bonds is 3. The van der Waals surface area contributed by atoms with E-state index in [9.17, 15) is 24.3 Å². The molecule has 0 bridgehead atoms. The van der Waals surface area contributed by atoms with Gasteiger partial charge in [-0.25, -0.2) is 9.59 Å². The number of H-pyrrole nitrogens is 1. The lowest BCUT2D eigenvalue weighted by molar-refractivity contribution is -0.142. The van der Waals surface area contributed by atoms with Crippen molar-refractivity contribution in [3.63, 3.8) is 0 Å². The molecule has 0 spiro atoms. The second kappa shape index (κ2) is 7.05. The molecule has 2 aromatic carbocycles. The zero-order valence-electron chi connectivity index (χ0n) is 15.7. The van der Waals surface area contributed by atoms with Crippen LogP contribution in [0.5, 0.6) is 0 Å². The number of aromatic amines is 1. The molecule has 29 heavy (non-hydrogen) atoms. The molecule has 0 radical (unpaired) electrons. The van der Waals surface area contributed by atoms with E-state index in [1.165, 1.54) is 23.1 Å². The molecule has 8 heteroatoms. The normalized spacial score (nSPS) is 15.9. The van der Waals surface area contributed by atoms with Crippen molar-refractivity contribution in [3.05, 3.63) is 80.0 Å². The number of benzene rings is 2. The van der Waals surface area contributed by atoms with Crippen LogP contribution < -0.4 is 11.2 Å². The summed E-state index contributed by atoms with van der Waals surface area (Å²) in [6.45, 7) is 2.11. The van der Waals surface area contributed by atoms with Crippen LogP contribution in [0.25, 0.3) is 10.9 Å². The van der Waals surface area contributed by atoms with Gasteiger partial charge in [0.25, 0.3) is 11.5 Å². The number of carboxylic acid groups (broad SMARTS) is 1. The van der Waals surface area contributed by atoms with Crippen LogP contribution in [0.1, 0.15) is 28.4 Å². The zero-order chi connectivity index (χ0) is 20.7. The molecule has 4 rings (SSSR count). The van der Waals surface area contributed by atoms with E-state index in [0.717, 1.165) is 15.7 Å². The van der Waals surface area contributed by atoms with Gasteiger partial charge in [-0.05, 0) is 36.2 Å². The number of carbonyl (C=O) groups excluding carboxylic acids is 1. The molecule has 1 amide bonds. The van der Waals surface area contributed by atoms with Crippen LogP contribution in [0.3, 0.4) is 0 Å². The van der Waals surface area contributed by atoms with Crippen LogP contribution in [0.2, 0.25) is 0 Å². The van der Waals surface area contributed by atoms with E-state index in [0.29, 0.717) is 5.39 Å². The molecule has 0 saturated heterocycles. The van der Waals surface area contributed by atoms with Gasteiger partial charge < -0.3 is 15.0 Å². The van der Waals surface area contributed by atoms with Gasteiger partial charge in [-0.3, -0.25) is 14.2 Å². The zero-order valence-corrected chi connectivity index (χ0v) is 15.7. The highest BCUT2D eigenvalue weighted by molar-refractivity contribution is 5.99. The Morgan fingerprint density at radius 3 is 2.55 bits per heavy atom. The van der Waals surface area contributed by atoms with Gasteiger partial charge in [-0.15, -0.1) is 0 Å². The van der Waals surface area contributed by atoms with Crippen molar-refractivity contribution >= 4 is 22.8 Å². The number of nitrogens with one attached hydrogen (secondary N) is 1. The first kappa shape index (κ1) is 18.7. The fourth-order valence-electron chi connectivity index (χ4n) is 3.80. The molecule has 3 aromatic rings. The summed E-state index contributed by atoms with van der Waals surface area (Å²) < 4.78 is 1.08. The smallest absolute Gasteiger partial charge is 0.328 e. The van der Waals surface area contributed by atoms with E-state index in [-0.39, 0.29) is 30.6 Å². The molecule has 0 saturated carbocycles. The molecule has 8 nitrogen and oxygen atoms in total. The lowest BCUT2D eigenvalue weighted by atomic mass is 9.93. The largest absolute Gasteiger partial charge is 0.480 e. The summed E-state index contributed by atoms with van der Waals surface area (Å²) in [7, 11) is 0. The van der Waals surface area contributed by atoms with Gasteiger partial charge >= 0.3 is 11.7 Å². The molecule has 1 aliphatic heterocycles. The maximum Gasteiger partial charge on any atom is 0.328 e. The minimum atomic E-state index is -1.08. The minimum absolute atomic E-state index is 0.179. The first-order valence-corrected chi connectivity index (χ1v) is 9.28. The van der Waals surface area contributed by atoms with Crippen molar-refractivity contribution in [2.45, 2.75) is 32.5 Å². The quantitative estimate of drug-likeness (QED) is 0.698. The second-order valence-electron chi connectivity index (χ2n) is 7.00. The van der Waals surface area contributed by atoms with Crippen molar-refractivity contribution in [2.75, 3.05) is 0 Å². The van der Waals surface area contributed by atoms with Crippen LogP contribution in [0.4, 0.5) is 0 Å². The predicted octanol–water partition coefficient (Wildman–Crippen LogP) is 1.36. The Morgan fingerprint density at radius 2 is 1.86 bits per heavy atom. The maximum absolute atomic E-state index is 13.1. The number of carboxylic acids is 1. The molecule has 1 atom stereocenters. The molecule has 1 aliphatic rings. The van der Waals surface area contributed by atoms with Gasteiger partial charge in [-0.2, -0.15) is 0 Å². The summed E-state index contributed by atoms with van der Waals surface area (Å²) in [5.41, 5.74) is 1.29. The highest BCUT2D eigenvalue weighted by Gasteiger charge is 2.35. The first-order valence-electron chi connectivity index (χ1n) is 9.28. The summed E-state index contributed by atoms with van der Waals surface area (Å²) in [5, 5.41) is 9.94. The number of aliphatic carboxylic acids is 1. The molecule has 1 unspecified atom stereocenters. The molecular weight excluding hydrogens is 374 g/mol. The summed E-state index contributed by atoms with van der Waals surface area (Å²) in [6.07, 6.45) is 0.225. The monoisotopic (exact) mass is 393 g/mol. The van der Waals surface area contributed by atoms with E-state index >= 15 is 0 Å². The van der Waals surface area contributed by atoms with Gasteiger partial charge in [0, 0.05) is 25.1 Å². The lowest BCUT2D eigenvalue weighted by Gasteiger charge is -2.34. The SMILES string of the molecule is CCn1c(=O)[nH]c2cc(C(=O)N3Cc4ccccc4CC3C(=O)O)ccc2c1=O. The van der Waals surface area contributed by atoms with Crippen LogP contribution in [0.15, 0.2) is 52.1 Å². The third-order valence-corrected chi connectivity index (χ3v) is 5.34. The molecule has 148 valence electrons. The Hall–Kier alpha value is -3.68. The molecule has 2 heterocycles. The number of carbonyl (C=O) groups is 2. The Bertz CT molecular complexity index is 1260. The summed E-state index contributed by atoms with van der Waals surface area (Å²) in [6, 6.07) is 10.9. The second-order valence-corrected chi connectivity index (χ2v) is 7.00. The average molecular weight is 393 g/mol. The van der Waals surface area contributed by atoms with E-state index in [1.807, 2.05) is 24.3 Å². The fourth-order valence-corrected chi connectivity index (χ4v) is 3.80. The molecular formula is C21H19N3O5. The van der Waals surface area contributed by atoms with E-state index in [2.05, 4.69) is 4.98 Å². The summed E-state index contributed by atoms with van der Waals surface area (Å²) >= 11 is 0. The van der Waals surface area contributed by atoms with Crippen molar-refractivity contribution in [1.82, 2.24) is 14.5 Å². The number of hydrogen-bond acceptors (Lipinski definition) is 4. The molecule has 1 aromatic heterocycles. The average Bonchev–Trinajstić information content (AvgIpc) is 2.72. The molecule has 2 N–H and O–H groups in total. The summed E-state index contributed by atoms with van der Waals surface area (Å²) in [5.74, 6) is -1.54. The Morgan fingerprint density at radius 1 is 1.14 bits per heavy atom. The topological polar surface area (TPSA) is 112 Å². The van der Waals surface area contributed by atoms with Gasteiger partial charge in [0.05, 0.1) is 10.9 Å². The van der Waals surface area contributed by atoms with E-state index in [1.54, 1.807) is 6.92 Å². The first-order chi connectivity index (χ1) is 13.9. The fraction of sp³-hybridized carbons (Fsp3) is 0.238. The minimum Gasteiger partial charge on any atom is -0.480 e. The highest BCUT2D eigenvalue weighted by Crippen LogP contribution is 2.25. The van der Waals surface area contributed by atoms with Crippen molar-refractivity contribution < 1.29 is 14.7 Å². The number of fused-ring (bicyclic) bond motifs is 2. The Balaban J connectivity index is 1.77. The molecule has 0 fully saturated rings. The third kappa shape index (κ3) is 3.12. The van der Waals surface area contributed by atoms with Crippen molar-refractivity contribution in [1.29, 1.82) is 0 Å². The number of hydrogen-bond donors (Lipinski definition) is 2. The van der Waals surface area contributed by atoms with E-state index < -0.39 is 29.2 Å². The lowest BCUT2D eigenvalue weighted by Crippen LogP contribution is -2.48. The van der Waals surface area contributed by atoms with Crippen LogP contribution >= 0.6 is 0 Å². The van der Waals surface area contributed by atoms with Crippen LogP contribution in [-0.2, 0) is 24.3 Å². The van der Waals surface area contributed by atoms with Crippen LogP contribution in [-0.4, -0.2) is 37.5 Å². The van der Waals surface area contributed by atoms with E-state index in [4.69, 9.17) is 0 Å². The predicted molar refractivity (Wildman–Crippen MR) is 106 cm³/mol. The van der Waals surface area contributed by atoms with Gasteiger partial charge in [0.1, 0.15) is 6.04 Å². The summed E-state index contributed by atoms with van der Waals surface area (Å²) in [4.78, 5) is 53.4. The highest BCUT2D eigenvalue weighted by atomic mass is 16.4. The van der Waals surface area contributed by atoms with Gasteiger partial charge in [-0.1, -0.05) is 24.3 Å². The third-order valence-electron chi connectivity index (χ3n) is 5.34.